The van der Waals surface area contributed by atoms with E-state index in [4.69, 9.17) is 4.74 Å². The van der Waals surface area contributed by atoms with E-state index in [1.165, 1.54) is 6.08 Å². The number of rotatable bonds is 4. The molecule has 1 fully saturated rings. The average molecular weight is 394 g/mol. The van der Waals surface area contributed by atoms with Crippen LogP contribution in [-0.2, 0) is 39.8 Å². The Kier molecular flexibility index (Phi) is 5.24. The van der Waals surface area contributed by atoms with Gasteiger partial charge in [-0.2, -0.15) is 5.10 Å². The van der Waals surface area contributed by atoms with Crippen molar-refractivity contribution in [3.05, 3.63) is 59.8 Å². The van der Waals surface area contributed by atoms with Gasteiger partial charge in [-0.05, 0) is 24.5 Å². The predicted molar refractivity (Wildman–Crippen MR) is 109 cm³/mol. The Morgan fingerprint density at radius 3 is 2.66 bits per heavy atom. The van der Waals surface area contributed by atoms with Gasteiger partial charge < -0.3 is 15.0 Å². The van der Waals surface area contributed by atoms with Gasteiger partial charge in [0.2, 0.25) is 11.8 Å². The van der Waals surface area contributed by atoms with Crippen molar-refractivity contribution in [3.8, 4) is 0 Å². The highest BCUT2D eigenvalue weighted by atomic mass is 16.5. The number of piperidine rings is 1. The number of aryl methyl sites for hydroxylation is 1. The summed E-state index contributed by atoms with van der Waals surface area (Å²) in [6.45, 7) is 5.71. The molecule has 0 saturated carbocycles. The zero-order valence-electron chi connectivity index (χ0n) is 16.7. The first kappa shape index (κ1) is 19.4. The van der Waals surface area contributed by atoms with Crippen molar-refractivity contribution in [2.24, 2.45) is 7.05 Å². The molecule has 1 saturated heterocycles. The number of likely N-dealkylation sites (tertiary alicyclic amines) is 1. The van der Waals surface area contributed by atoms with Crippen LogP contribution < -0.4 is 5.32 Å². The first-order valence-corrected chi connectivity index (χ1v) is 9.96. The molecule has 1 aromatic carbocycles. The van der Waals surface area contributed by atoms with E-state index in [1.807, 2.05) is 37.4 Å². The number of amides is 2. The van der Waals surface area contributed by atoms with Crippen LogP contribution in [0.5, 0.6) is 0 Å². The van der Waals surface area contributed by atoms with Crippen LogP contribution >= 0.6 is 0 Å². The van der Waals surface area contributed by atoms with Crippen molar-refractivity contribution >= 4 is 17.6 Å². The number of nitrogens with one attached hydrogen (secondary N) is 1. The van der Waals surface area contributed by atoms with Crippen LogP contribution in [0.4, 0.5) is 5.82 Å². The largest absolute Gasteiger partial charge is 0.376 e. The summed E-state index contributed by atoms with van der Waals surface area (Å²) in [5, 5.41) is 7.69. The number of nitrogens with zero attached hydrogens (tertiary/aromatic N) is 3. The van der Waals surface area contributed by atoms with E-state index < -0.39 is 5.41 Å². The summed E-state index contributed by atoms with van der Waals surface area (Å²) >= 11 is 0. The first-order valence-electron chi connectivity index (χ1n) is 9.96. The number of carbonyl (C=O) groups is 2. The summed E-state index contributed by atoms with van der Waals surface area (Å²) in [6, 6.07) is 9.83. The maximum atomic E-state index is 13.7. The van der Waals surface area contributed by atoms with Crippen LogP contribution in [0.15, 0.2) is 43.0 Å². The fraction of sp³-hybridized carbons (Fsp3) is 0.409. The average Bonchev–Trinajstić information content (AvgIpc) is 3.09. The molecule has 2 aromatic rings. The Hall–Kier alpha value is -2.93. The first-order chi connectivity index (χ1) is 14.0. The number of fused-ring (bicyclic) bond motifs is 1. The van der Waals surface area contributed by atoms with Gasteiger partial charge in [0.1, 0.15) is 5.82 Å². The van der Waals surface area contributed by atoms with Crippen LogP contribution in [0.25, 0.3) is 0 Å². The minimum Gasteiger partial charge on any atom is -0.376 e. The highest BCUT2D eigenvalue weighted by Gasteiger charge is 2.44. The van der Waals surface area contributed by atoms with Crippen molar-refractivity contribution < 1.29 is 14.3 Å². The van der Waals surface area contributed by atoms with E-state index >= 15 is 0 Å². The monoisotopic (exact) mass is 394 g/mol. The molecule has 2 aliphatic heterocycles. The molecular weight excluding hydrogens is 368 g/mol. The molecule has 0 radical (unpaired) electrons. The number of aromatic nitrogens is 2. The number of benzene rings is 1. The van der Waals surface area contributed by atoms with Gasteiger partial charge in [-0.15, -0.1) is 0 Å². The van der Waals surface area contributed by atoms with Gasteiger partial charge >= 0.3 is 0 Å². The molecular formula is C22H26N4O3. The van der Waals surface area contributed by atoms with E-state index in [-0.39, 0.29) is 11.8 Å². The second-order valence-corrected chi connectivity index (χ2v) is 7.63. The minimum absolute atomic E-state index is 0.0641. The van der Waals surface area contributed by atoms with E-state index in [1.54, 1.807) is 9.58 Å². The minimum atomic E-state index is -0.702. The molecule has 0 atom stereocenters. The molecule has 152 valence electrons. The normalized spacial score (nSPS) is 18.0. The highest BCUT2D eigenvalue weighted by molar-refractivity contribution is 5.99. The van der Waals surface area contributed by atoms with E-state index in [2.05, 4.69) is 17.0 Å². The zero-order valence-corrected chi connectivity index (χ0v) is 16.7. The Morgan fingerprint density at radius 1 is 1.24 bits per heavy atom. The molecule has 4 rings (SSSR count). The van der Waals surface area contributed by atoms with Gasteiger partial charge in [0, 0.05) is 32.1 Å². The summed E-state index contributed by atoms with van der Waals surface area (Å²) in [7, 11) is 1.84. The smallest absolute Gasteiger partial charge is 0.245 e. The number of hydrogen-bond acceptors (Lipinski definition) is 4. The summed E-state index contributed by atoms with van der Waals surface area (Å²) in [6.07, 6.45) is 3.19. The van der Waals surface area contributed by atoms with Crippen molar-refractivity contribution in [1.29, 1.82) is 0 Å². The zero-order chi connectivity index (χ0) is 20.4. The Labute approximate surface area is 170 Å². The molecule has 29 heavy (non-hydrogen) atoms. The van der Waals surface area contributed by atoms with Gasteiger partial charge in [0.15, 0.2) is 0 Å². The standard InChI is InChI=1S/C22H26N4O3/c1-3-19(27)26-12-10-22(11-13-26,16-7-5-4-6-8-16)21(28)23-20-17-15-29-14-9-18(17)24-25(20)2/h3-8H,1,9-15H2,2H3,(H,23,28). The second-order valence-electron chi connectivity index (χ2n) is 7.63. The summed E-state index contributed by atoms with van der Waals surface area (Å²) in [5.74, 6) is 0.542. The van der Waals surface area contributed by atoms with Gasteiger partial charge in [-0.25, -0.2) is 0 Å². The van der Waals surface area contributed by atoms with Crippen LogP contribution in [0.2, 0.25) is 0 Å². The molecule has 1 N–H and O–H groups in total. The lowest BCUT2D eigenvalue weighted by Crippen LogP contribution is -2.50. The maximum absolute atomic E-state index is 13.7. The molecule has 0 aliphatic carbocycles. The lowest BCUT2D eigenvalue weighted by molar-refractivity contribution is -0.131. The Balaban J connectivity index is 1.64. The maximum Gasteiger partial charge on any atom is 0.245 e. The summed E-state index contributed by atoms with van der Waals surface area (Å²) in [5.41, 5.74) is 2.20. The van der Waals surface area contributed by atoms with Crippen LogP contribution in [-0.4, -0.2) is 46.2 Å². The summed E-state index contributed by atoms with van der Waals surface area (Å²) < 4.78 is 7.31. The van der Waals surface area contributed by atoms with E-state index in [0.29, 0.717) is 45.0 Å². The second kappa shape index (κ2) is 7.83. The van der Waals surface area contributed by atoms with Gasteiger partial charge in [-0.3, -0.25) is 14.3 Å². The molecule has 7 nitrogen and oxygen atoms in total. The molecule has 0 spiro atoms. The van der Waals surface area contributed by atoms with Crippen LogP contribution in [0, 0.1) is 0 Å². The fourth-order valence-corrected chi connectivity index (χ4v) is 4.34. The number of carbonyl (C=O) groups excluding carboxylic acids is 2. The van der Waals surface area contributed by atoms with E-state index in [9.17, 15) is 9.59 Å². The molecule has 3 heterocycles. The van der Waals surface area contributed by atoms with Crippen molar-refractivity contribution in [1.82, 2.24) is 14.7 Å². The van der Waals surface area contributed by atoms with Gasteiger partial charge in [-0.1, -0.05) is 36.9 Å². The Bertz CT molecular complexity index is 927. The third-order valence-electron chi connectivity index (χ3n) is 6.05. The molecule has 7 heteroatoms. The number of hydrogen-bond donors (Lipinski definition) is 1. The highest BCUT2D eigenvalue weighted by Crippen LogP contribution is 2.37. The number of ether oxygens (including phenoxy) is 1. The quantitative estimate of drug-likeness (QED) is 0.807. The number of anilines is 1. The van der Waals surface area contributed by atoms with E-state index in [0.717, 1.165) is 23.2 Å². The molecule has 2 amide bonds. The van der Waals surface area contributed by atoms with Gasteiger partial charge in [0.05, 0.1) is 24.3 Å². The summed E-state index contributed by atoms with van der Waals surface area (Å²) in [4.78, 5) is 27.4. The lowest BCUT2D eigenvalue weighted by Gasteiger charge is -2.40. The third-order valence-corrected chi connectivity index (χ3v) is 6.05. The van der Waals surface area contributed by atoms with Crippen molar-refractivity contribution in [2.75, 3.05) is 25.0 Å². The third kappa shape index (κ3) is 3.46. The molecule has 2 aliphatic rings. The lowest BCUT2D eigenvalue weighted by atomic mass is 9.72. The van der Waals surface area contributed by atoms with Crippen molar-refractivity contribution in [3.63, 3.8) is 0 Å². The van der Waals surface area contributed by atoms with Crippen molar-refractivity contribution in [2.45, 2.75) is 31.3 Å². The molecule has 0 unspecified atom stereocenters. The van der Waals surface area contributed by atoms with Gasteiger partial charge in [0.25, 0.3) is 0 Å². The fourth-order valence-electron chi connectivity index (χ4n) is 4.34. The topological polar surface area (TPSA) is 76.5 Å². The Morgan fingerprint density at radius 2 is 1.97 bits per heavy atom. The van der Waals surface area contributed by atoms with Crippen LogP contribution in [0.1, 0.15) is 29.7 Å². The van der Waals surface area contributed by atoms with Crippen LogP contribution in [0.3, 0.4) is 0 Å². The molecule has 0 bridgehead atoms. The predicted octanol–water partition coefficient (Wildman–Crippen LogP) is 2.18. The molecule has 1 aromatic heterocycles. The SMILES string of the molecule is C=CC(=O)N1CCC(C(=O)Nc2c3c(nn2C)CCOC3)(c2ccccc2)CC1.